The van der Waals surface area contributed by atoms with Crippen molar-refractivity contribution in [2.24, 2.45) is 10.4 Å². The number of thiazole rings is 1. The van der Waals surface area contributed by atoms with Crippen LogP contribution in [0.1, 0.15) is 24.8 Å². The molecule has 0 spiro atoms. The lowest BCUT2D eigenvalue weighted by Crippen LogP contribution is -2.44. The molecule has 0 radical (unpaired) electrons. The molecule has 0 bridgehead atoms. The Kier molecular flexibility index (Phi) is 9.63. The van der Waals surface area contributed by atoms with Gasteiger partial charge >= 0.3 is 0 Å². The Morgan fingerprint density at radius 2 is 2.14 bits per heavy atom. The number of nitrogens with zero attached hydrogens (tertiary/aromatic N) is 2. The van der Waals surface area contributed by atoms with Gasteiger partial charge in [-0.2, -0.15) is 0 Å². The van der Waals surface area contributed by atoms with Gasteiger partial charge in [0, 0.05) is 42.7 Å². The second-order valence-corrected chi connectivity index (χ2v) is 7.76. The molecule has 1 aromatic carbocycles. The summed E-state index contributed by atoms with van der Waals surface area (Å²) in [7, 11) is 0. The van der Waals surface area contributed by atoms with E-state index in [1.807, 2.05) is 18.2 Å². The summed E-state index contributed by atoms with van der Waals surface area (Å²) in [5.74, 6) is 0.776. The van der Waals surface area contributed by atoms with E-state index in [1.54, 1.807) is 11.3 Å². The highest BCUT2D eigenvalue weighted by atomic mass is 127. The van der Waals surface area contributed by atoms with Gasteiger partial charge in [0.25, 0.3) is 0 Å². The number of aromatic nitrogens is 1. The third-order valence-electron chi connectivity index (χ3n) is 4.80. The van der Waals surface area contributed by atoms with Crippen molar-refractivity contribution in [3.8, 4) is 11.3 Å². The highest BCUT2D eigenvalue weighted by Gasteiger charge is 2.34. The minimum atomic E-state index is -0.00734. The molecule has 6 nitrogen and oxygen atoms in total. The van der Waals surface area contributed by atoms with Gasteiger partial charge in [-0.1, -0.05) is 30.3 Å². The van der Waals surface area contributed by atoms with Crippen molar-refractivity contribution in [2.75, 3.05) is 32.9 Å². The molecule has 28 heavy (non-hydrogen) atoms. The molecule has 154 valence electrons. The first-order chi connectivity index (χ1) is 13.2. The quantitative estimate of drug-likeness (QED) is 0.285. The number of hydrogen-bond donors (Lipinski definition) is 3. The summed E-state index contributed by atoms with van der Waals surface area (Å²) in [6.45, 7) is 5.76. The first-order valence-corrected chi connectivity index (χ1v) is 10.3. The van der Waals surface area contributed by atoms with Crippen LogP contribution in [0, 0.1) is 5.41 Å². The number of aliphatic hydroxyl groups excluding tert-OH is 1. The molecule has 1 fully saturated rings. The van der Waals surface area contributed by atoms with E-state index >= 15 is 0 Å². The zero-order valence-corrected chi connectivity index (χ0v) is 19.3. The van der Waals surface area contributed by atoms with Gasteiger partial charge in [0.1, 0.15) is 5.01 Å². The van der Waals surface area contributed by atoms with E-state index in [0.717, 1.165) is 54.8 Å². The summed E-state index contributed by atoms with van der Waals surface area (Å²) < 4.78 is 5.56. The summed E-state index contributed by atoms with van der Waals surface area (Å²) in [6.07, 6.45) is 1.71. The molecular weight excluding hydrogens is 487 g/mol. The highest BCUT2D eigenvalue weighted by Crippen LogP contribution is 2.31. The van der Waals surface area contributed by atoms with Gasteiger partial charge in [0.2, 0.25) is 0 Å². The predicted molar refractivity (Wildman–Crippen MR) is 125 cm³/mol. The molecule has 3 N–H and O–H groups in total. The van der Waals surface area contributed by atoms with E-state index in [2.05, 4.69) is 40.1 Å². The number of benzene rings is 1. The Labute approximate surface area is 187 Å². The second-order valence-electron chi connectivity index (χ2n) is 6.82. The molecule has 2 aromatic rings. The first-order valence-electron chi connectivity index (χ1n) is 9.45. The Morgan fingerprint density at radius 3 is 2.82 bits per heavy atom. The maximum Gasteiger partial charge on any atom is 0.191 e. The Hall–Kier alpha value is -1.23. The van der Waals surface area contributed by atoms with Crippen molar-refractivity contribution in [1.82, 2.24) is 15.6 Å². The third-order valence-corrected chi connectivity index (χ3v) is 5.63. The molecule has 2 heterocycles. The maximum absolute atomic E-state index is 9.37. The van der Waals surface area contributed by atoms with E-state index in [-0.39, 0.29) is 36.0 Å². The summed E-state index contributed by atoms with van der Waals surface area (Å²) in [5, 5.41) is 19.1. The monoisotopic (exact) mass is 516 g/mol. The zero-order valence-electron chi connectivity index (χ0n) is 16.2. The van der Waals surface area contributed by atoms with E-state index in [4.69, 9.17) is 9.72 Å². The summed E-state index contributed by atoms with van der Waals surface area (Å²) in [4.78, 5) is 9.38. The highest BCUT2D eigenvalue weighted by molar-refractivity contribution is 14.0. The van der Waals surface area contributed by atoms with Crippen LogP contribution in [0.25, 0.3) is 11.3 Å². The largest absolute Gasteiger partial charge is 0.396 e. The van der Waals surface area contributed by atoms with Gasteiger partial charge in [0.15, 0.2) is 5.96 Å². The Morgan fingerprint density at radius 1 is 1.32 bits per heavy atom. The molecule has 1 atom stereocenters. The normalized spacial score (nSPS) is 19.3. The number of hydrogen-bond acceptors (Lipinski definition) is 5. The average molecular weight is 516 g/mol. The molecule has 0 saturated carbocycles. The van der Waals surface area contributed by atoms with Crippen LogP contribution in [0.3, 0.4) is 0 Å². The molecule has 3 rings (SSSR count). The fourth-order valence-electron chi connectivity index (χ4n) is 3.20. The van der Waals surface area contributed by atoms with Crippen LogP contribution in [0.4, 0.5) is 0 Å². The molecule has 1 aliphatic heterocycles. The van der Waals surface area contributed by atoms with Crippen LogP contribution in [0.5, 0.6) is 0 Å². The average Bonchev–Trinajstić information content (AvgIpc) is 3.35. The van der Waals surface area contributed by atoms with E-state index in [1.165, 1.54) is 0 Å². The number of aliphatic hydroxyl groups is 1. The van der Waals surface area contributed by atoms with Crippen LogP contribution >= 0.6 is 35.3 Å². The summed E-state index contributed by atoms with van der Waals surface area (Å²) in [6, 6.07) is 10.2. The van der Waals surface area contributed by atoms with Crippen molar-refractivity contribution in [3.63, 3.8) is 0 Å². The van der Waals surface area contributed by atoms with Crippen LogP contribution in [-0.4, -0.2) is 49.0 Å². The van der Waals surface area contributed by atoms with Crippen LogP contribution in [-0.2, 0) is 11.3 Å². The third kappa shape index (κ3) is 6.40. The SMILES string of the molecule is CCNC(=NCc1nc(-c2ccccc2)cs1)NCC1(CCO)CCOC1.I. The molecule has 1 aliphatic rings. The van der Waals surface area contributed by atoms with Crippen LogP contribution < -0.4 is 10.6 Å². The summed E-state index contributed by atoms with van der Waals surface area (Å²) >= 11 is 1.63. The van der Waals surface area contributed by atoms with Gasteiger partial charge in [-0.15, -0.1) is 35.3 Å². The standard InChI is InChI=1S/C20H28N4O2S.HI/c1-2-21-19(23-14-20(8-10-25)9-11-26-15-20)22-12-18-24-17(13-27-18)16-6-4-3-5-7-16;/h3-7,13,25H,2,8-12,14-15H2,1H3,(H2,21,22,23);1H. The lowest BCUT2D eigenvalue weighted by Gasteiger charge is -2.27. The number of ether oxygens (including phenoxy) is 1. The Bertz CT molecular complexity index is 733. The van der Waals surface area contributed by atoms with Crippen LogP contribution in [0.15, 0.2) is 40.7 Å². The zero-order chi connectivity index (χ0) is 19.0. The minimum Gasteiger partial charge on any atom is -0.396 e. The lowest BCUT2D eigenvalue weighted by molar-refractivity contribution is 0.127. The minimum absolute atomic E-state index is 0. The number of nitrogens with one attached hydrogen (secondary N) is 2. The number of halogens is 1. The predicted octanol–water partition coefficient (Wildman–Crippen LogP) is 3.27. The molecular formula is C20H29IN4O2S. The molecule has 1 aromatic heterocycles. The number of rotatable bonds is 8. The molecule has 8 heteroatoms. The van der Waals surface area contributed by atoms with Crippen molar-refractivity contribution >= 4 is 41.3 Å². The van der Waals surface area contributed by atoms with E-state index in [9.17, 15) is 5.11 Å². The van der Waals surface area contributed by atoms with E-state index in [0.29, 0.717) is 13.2 Å². The van der Waals surface area contributed by atoms with Gasteiger partial charge in [-0.25, -0.2) is 9.98 Å². The topological polar surface area (TPSA) is 78.8 Å². The van der Waals surface area contributed by atoms with Crippen molar-refractivity contribution in [2.45, 2.75) is 26.3 Å². The van der Waals surface area contributed by atoms with Gasteiger partial charge in [-0.05, 0) is 19.8 Å². The lowest BCUT2D eigenvalue weighted by atomic mass is 9.84. The van der Waals surface area contributed by atoms with Gasteiger partial charge in [0.05, 0.1) is 18.8 Å². The van der Waals surface area contributed by atoms with Crippen molar-refractivity contribution in [1.29, 1.82) is 0 Å². The van der Waals surface area contributed by atoms with Gasteiger partial charge in [-0.3, -0.25) is 0 Å². The van der Waals surface area contributed by atoms with Crippen LogP contribution in [0.2, 0.25) is 0 Å². The fraction of sp³-hybridized carbons (Fsp3) is 0.500. The first kappa shape index (κ1) is 23.1. The summed E-state index contributed by atoms with van der Waals surface area (Å²) in [5.41, 5.74) is 2.11. The maximum atomic E-state index is 9.37. The fourth-order valence-corrected chi connectivity index (χ4v) is 3.92. The number of aliphatic imine (C=N–C) groups is 1. The van der Waals surface area contributed by atoms with Crippen molar-refractivity contribution < 1.29 is 9.84 Å². The van der Waals surface area contributed by atoms with Crippen molar-refractivity contribution in [3.05, 3.63) is 40.7 Å². The molecule has 1 saturated heterocycles. The number of guanidine groups is 1. The van der Waals surface area contributed by atoms with E-state index < -0.39 is 0 Å². The smallest absolute Gasteiger partial charge is 0.191 e. The molecule has 0 aliphatic carbocycles. The molecule has 1 unspecified atom stereocenters. The Balaban J connectivity index is 0.00000280. The van der Waals surface area contributed by atoms with Gasteiger partial charge < -0.3 is 20.5 Å². The second kappa shape index (κ2) is 11.7. The molecule has 0 amide bonds.